The lowest BCUT2D eigenvalue weighted by Gasteiger charge is -2.32. The number of benzene rings is 1. The van der Waals surface area contributed by atoms with Crippen LogP contribution in [0, 0.1) is 6.92 Å². The highest BCUT2D eigenvalue weighted by atomic mass is 32.2. The average Bonchev–Trinajstić information content (AvgIpc) is 2.84. The third-order valence-electron chi connectivity index (χ3n) is 5.02. The first-order valence-corrected chi connectivity index (χ1v) is 10.0. The van der Waals surface area contributed by atoms with Gasteiger partial charge in [-0.3, -0.25) is 9.40 Å². The summed E-state index contributed by atoms with van der Waals surface area (Å²) in [6.07, 6.45) is 1.11. The monoisotopic (exact) mass is 365 g/mol. The molecule has 25 heavy (non-hydrogen) atoms. The van der Waals surface area contributed by atoms with Crippen molar-refractivity contribution in [3.05, 3.63) is 17.7 Å². The standard InChI is InChI=1S/C16H24BN3O4S/c1-10-8-9-11(17-23-15(2,3)16(4,5)24-17)13-12(10)14(18-20(13)6)19-25(7,21)22/h8-9H,1-7H3,(H,18,19). The van der Waals surface area contributed by atoms with E-state index in [9.17, 15) is 8.42 Å². The highest BCUT2D eigenvalue weighted by molar-refractivity contribution is 7.92. The Hall–Kier alpha value is -1.58. The molecule has 1 N–H and O–H groups in total. The number of rotatable bonds is 3. The minimum atomic E-state index is -3.43. The number of fused-ring (bicyclic) bond motifs is 1. The maximum atomic E-state index is 11.7. The number of anilines is 1. The summed E-state index contributed by atoms with van der Waals surface area (Å²) in [5.74, 6) is 0.316. The Morgan fingerprint density at radius 3 is 2.24 bits per heavy atom. The SMILES string of the molecule is Cc1ccc(B2OC(C)(C)C(C)(C)O2)c2c1c(NS(C)(=O)=O)nn2C. The van der Waals surface area contributed by atoms with Crippen molar-refractivity contribution in [3.8, 4) is 0 Å². The van der Waals surface area contributed by atoms with Gasteiger partial charge < -0.3 is 9.31 Å². The number of nitrogens with one attached hydrogen (secondary N) is 1. The number of sulfonamides is 1. The second-order valence-electron chi connectivity index (χ2n) is 7.63. The minimum absolute atomic E-state index is 0.316. The molecule has 1 aromatic carbocycles. The summed E-state index contributed by atoms with van der Waals surface area (Å²) in [7, 11) is -2.19. The largest absolute Gasteiger partial charge is 0.497 e. The Morgan fingerprint density at radius 1 is 1.16 bits per heavy atom. The van der Waals surface area contributed by atoms with E-state index >= 15 is 0 Å². The molecule has 0 amide bonds. The fourth-order valence-corrected chi connectivity index (χ4v) is 3.51. The van der Waals surface area contributed by atoms with Crippen LogP contribution in [-0.2, 0) is 26.4 Å². The van der Waals surface area contributed by atoms with Crippen LogP contribution < -0.4 is 10.2 Å². The average molecular weight is 365 g/mol. The van der Waals surface area contributed by atoms with E-state index in [0.717, 1.165) is 28.2 Å². The van der Waals surface area contributed by atoms with Crippen molar-refractivity contribution in [1.82, 2.24) is 9.78 Å². The van der Waals surface area contributed by atoms with Gasteiger partial charge in [0, 0.05) is 17.9 Å². The van der Waals surface area contributed by atoms with Crippen LogP contribution in [0.15, 0.2) is 12.1 Å². The smallest absolute Gasteiger partial charge is 0.399 e. The summed E-state index contributed by atoms with van der Waals surface area (Å²) in [6.45, 7) is 9.92. The van der Waals surface area contributed by atoms with Crippen molar-refractivity contribution in [1.29, 1.82) is 0 Å². The number of hydrogen-bond acceptors (Lipinski definition) is 5. The lowest BCUT2D eigenvalue weighted by atomic mass is 9.77. The molecule has 7 nitrogen and oxygen atoms in total. The predicted molar refractivity (Wildman–Crippen MR) is 99.6 cm³/mol. The van der Waals surface area contributed by atoms with Crippen molar-refractivity contribution in [2.24, 2.45) is 7.05 Å². The summed E-state index contributed by atoms with van der Waals surface area (Å²) in [5.41, 5.74) is 1.64. The molecular weight excluding hydrogens is 341 g/mol. The molecule has 1 aliphatic rings. The van der Waals surface area contributed by atoms with Gasteiger partial charge in [-0.2, -0.15) is 5.10 Å². The molecule has 1 fully saturated rings. The molecule has 0 aliphatic carbocycles. The quantitative estimate of drug-likeness (QED) is 0.835. The van der Waals surface area contributed by atoms with E-state index in [1.54, 1.807) is 11.7 Å². The maximum absolute atomic E-state index is 11.7. The normalized spacial score (nSPS) is 19.6. The van der Waals surface area contributed by atoms with Gasteiger partial charge in [0.15, 0.2) is 5.82 Å². The van der Waals surface area contributed by atoms with Crippen molar-refractivity contribution in [2.45, 2.75) is 45.8 Å². The molecule has 1 aliphatic heterocycles. The van der Waals surface area contributed by atoms with Gasteiger partial charge in [-0.1, -0.05) is 12.1 Å². The number of aromatic nitrogens is 2. The zero-order valence-electron chi connectivity index (χ0n) is 15.7. The Morgan fingerprint density at radius 2 is 1.72 bits per heavy atom. The molecule has 2 aromatic rings. The summed E-state index contributed by atoms with van der Waals surface area (Å²) in [6, 6.07) is 3.88. The van der Waals surface area contributed by atoms with Gasteiger partial charge in [0.1, 0.15) is 0 Å². The first-order valence-electron chi connectivity index (χ1n) is 8.12. The summed E-state index contributed by atoms with van der Waals surface area (Å²) in [4.78, 5) is 0. The van der Waals surface area contributed by atoms with Gasteiger partial charge in [-0.15, -0.1) is 0 Å². The van der Waals surface area contributed by atoms with E-state index in [-0.39, 0.29) is 0 Å². The van der Waals surface area contributed by atoms with Gasteiger partial charge in [-0.25, -0.2) is 8.42 Å². The Bertz CT molecular complexity index is 934. The molecule has 0 atom stereocenters. The van der Waals surface area contributed by atoms with Crippen LogP contribution >= 0.6 is 0 Å². The molecular formula is C16H24BN3O4S. The van der Waals surface area contributed by atoms with Crippen molar-refractivity contribution < 1.29 is 17.7 Å². The van der Waals surface area contributed by atoms with Crippen LogP contribution in [0.25, 0.3) is 10.9 Å². The predicted octanol–water partition coefficient (Wildman–Crippen LogP) is 1.55. The van der Waals surface area contributed by atoms with Crippen LogP contribution in [0.3, 0.4) is 0 Å². The molecule has 136 valence electrons. The molecule has 0 bridgehead atoms. The summed E-state index contributed by atoms with van der Waals surface area (Å²) >= 11 is 0. The lowest BCUT2D eigenvalue weighted by molar-refractivity contribution is 0.00578. The van der Waals surface area contributed by atoms with Crippen LogP contribution in [0.1, 0.15) is 33.3 Å². The molecule has 0 saturated carbocycles. The molecule has 3 rings (SSSR count). The van der Waals surface area contributed by atoms with E-state index in [1.165, 1.54) is 0 Å². The zero-order chi connectivity index (χ0) is 18.8. The number of nitrogens with zero attached hydrogens (tertiary/aromatic N) is 2. The zero-order valence-corrected chi connectivity index (χ0v) is 16.5. The molecule has 9 heteroatoms. The second-order valence-corrected chi connectivity index (χ2v) is 9.38. The van der Waals surface area contributed by atoms with E-state index in [0.29, 0.717) is 5.82 Å². The second kappa shape index (κ2) is 5.46. The third-order valence-corrected chi connectivity index (χ3v) is 5.58. The maximum Gasteiger partial charge on any atom is 0.497 e. The van der Waals surface area contributed by atoms with Crippen molar-refractivity contribution >= 4 is 39.3 Å². The molecule has 0 unspecified atom stereocenters. The number of hydrogen-bond donors (Lipinski definition) is 1. The Kier molecular flexibility index (Phi) is 3.98. The number of aryl methyl sites for hydroxylation is 2. The van der Waals surface area contributed by atoms with Gasteiger partial charge >= 0.3 is 7.12 Å². The van der Waals surface area contributed by atoms with E-state index in [1.807, 2.05) is 46.8 Å². The summed E-state index contributed by atoms with van der Waals surface area (Å²) in [5, 5.41) is 5.11. The summed E-state index contributed by atoms with van der Waals surface area (Å²) < 4.78 is 39.8. The van der Waals surface area contributed by atoms with E-state index in [4.69, 9.17) is 9.31 Å². The van der Waals surface area contributed by atoms with Gasteiger partial charge in [0.25, 0.3) is 0 Å². The highest BCUT2D eigenvalue weighted by Gasteiger charge is 2.52. The molecule has 0 radical (unpaired) electrons. The lowest BCUT2D eigenvalue weighted by Crippen LogP contribution is -2.41. The van der Waals surface area contributed by atoms with Crippen LogP contribution in [0.4, 0.5) is 5.82 Å². The van der Waals surface area contributed by atoms with Crippen LogP contribution in [-0.4, -0.2) is 42.8 Å². The van der Waals surface area contributed by atoms with Gasteiger partial charge in [0.2, 0.25) is 10.0 Å². The van der Waals surface area contributed by atoms with Crippen molar-refractivity contribution in [3.63, 3.8) is 0 Å². The van der Waals surface area contributed by atoms with Gasteiger partial charge in [0.05, 0.1) is 23.0 Å². The van der Waals surface area contributed by atoms with E-state index < -0.39 is 28.3 Å². The molecule has 0 spiro atoms. The molecule has 2 heterocycles. The van der Waals surface area contributed by atoms with Crippen LogP contribution in [0.5, 0.6) is 0 Å². The Balaban J connectivity index is 2.18. The minimum Gasteiger partial charge on any atom is -0.399 e. The first-order chi connectivity index (χ1) is 11.3. The van der Waals surface area contributed by atoms with Gasteiger partial charge in [-0.05, 0) is 40.2 Å². The third kappa shape index (κ3) is 3.05. The fourth-order valence-electron chi connectivity index (χ4n) is 3.01. The first kappa shape index (κ1) is 18.2. The van der Waals surface area contributed by atoms with Crippen molar-refractivity contribution in [2.75, 3.05) is 11.0 Å². The highest BCUT2D eigenvalue weighted by Crippen LogP contribution is 2.37. The Labute approximate surface area is 148 Å². The van der Waals surface area contributed by atoms with Crippen LogP contribution in [0.2, 0.25) is 0 Å². The topological polar surface area (TPSA) is 82.4 Å². The molecule has 1 aromatic heterocycles. The molecule has 1 saturated heterocycles. The van der Waals surface area contributed by atoms with E-state index in [2.05, 4.69) is 9.82 Å². The fraction of sp³-hybridized carbons (Fsp3) is 0.562.